The number of hydrogen-bond acceptors (Lipinski definition) is 3. The zero-order chi connectivity index (χ0) is 17.3. The average Bonchev–Trinajstić information content (AvgIpc) is 2.69. The first-order valence-corrected chi connectivity index (χ1v) is 8.40. The number of Topliss-reactive ketones (excluding diaryl/α,β-unsaturated/α-hetero) is 1. The van der Waals surface area contributed by atoms with E-state index in [-0.39, 0.29) is 5.78 Å². The number of benzene rings is 3. The van der Waals surface area contributed by atoms with Crippen molar-refractivity contribution in [2.45, 2.75) is 13.0 Å². The molecule has 126 valence electrons. The van der Waals surface area contributed by atoms with E-state index in [2.05, 4.69) is 5.32 Å². The van der Waals surface area contributed by atoms with Crippen LogP contribution in [0.4, 0.5) is 5.69 Å². The predicted molar refractivity (Wildman–Crippen MR) is 101 cm³/mol. The fourth-order valence-electron chi connectivity index (χ4n) is 2.50. The first-order chi connectivity index (χ1) is 12.3. The Hall–Kier alpha value is -3.07. The monoisotopic (exact) mass is 331 g/mol. The molecule has 1 N–H and O–H groups in total. The van der Waals surface area contributed by atoms with Crippen molar-refractivity contribution in [1.82, 2.24) is 0 Å². The molecule has 3 nitrogen and oxygen atoms in total. The molecule has 3 rings (SSSR count). The molecule has 25 heavy (non-hydrogen) atoms. The van der Waals surface area contributed by atoms with Gasteiger partial charge in [-0.3, -0.25) is 4.79 Å². The summed E-state index contributed by atoms with van der Waals surface area (Å²) >= 11 is 0. The Morgan fingerprint density at radius 1 is 0.800 bits per heavy atom. The predicted octanol–water partition coefficient (Wildman–Crippen LogP) is 4.95. The summed E-state index contributed by atoms with van der Waals surface area (Å²) in [6.07, 6.45) is 0.469. The lowest BCUT2D eigenvalue weighted by Crippen LogP contribution is -2.08. The summed E-state index contributed by atoms with van der Waals surface area (Å²) in [6.45, 7) is 1.16. The fourth-order valence-corrected chi connectivity index (χ4v) is 2.50. The second-order valence-electron chi connectivity index (χ2n) is 5.76. The van der Waals surface area contributed by atoms with Gasteiger partial charge >= 0.3 is 0 Å². The van der Waals surface area contributed by atoms with Crippen molar-refractivity contribution in [2.24, 2.45) is 0 Å². The normalized spacial score (nSPS) is 10.2. The molecule has 0 bridgehead atoms. The van der Waals surface area contributed by atoms with Crippen LogP contribution in [0.1, 0.15) is 22.3 Å². The number of nitrogens with one attached hydrogen (secondary N) is 1. The number of carbonyl (C=O) groups is 1. The molecule has 3 aromatic carbocycles. The molecule has 0 aliphatic rings. The van der Waals surface area contributed by atoms with Crippen LogP contribution in [0.3, 0.4) is 0 Å². The van der Waals surface area contributed by atoms with Crippen molar-refractivity contribution in [3.63, 3.8) is 0 Å². The highest BCUT2D eigenvalue weighted by Crippen LogP contribution is 2.17. The maximum Gasteiger partial charge on any atom is 0.164 e. The Morgan fingerprint density at radius 3 is 2.12 bits per heavy atom. The van der Waals surface area contributed by atoms with E-state index >= 15 is 0 Å². The standard InChI is InChI=1S/C22H21NO2/c24-22(19-9-5-2-6-10-19)15-16-23-20-11-13-21(14-12-20)25-17-18-7-3-1-4-8-18/h1-14,23H,15-17H2. The van der Waals surface area contributed by atoms with Gasteiger partial charge in [-0.25, -0.2) is 0 Å². The van der Waals surface area contributed by atoms with Crippen molar-refractivity contribution in [3.05, 3.63) is 96.1 Å². The molecule has 0 amide bonds. The molecule has 0 aliphatic carbocycles. The summed E-state index contributed by atoms with van der Waals surface area (Å²) in [5.74, 6) is 0.977. The SMILES string of the molecule is O=C(CCNc1ccc(OCc2ccccc2)cc1)c1ccccc1. The quantitative estimate of drug-likeness (QED) is 0.594. The molecule has 0 aromatic heterocycles. The third kappa shape index (κ3) is 5.21. The summed E-state index contributed by atoms with van der Waals surface area (Å²) in [5.41, 5.74) is 2.88. The molecule has 0 fully saturated rings. The molecular weight excluding hydrogens is 310 g/mol. The van der Waals surface area contributed by atoms with Gasteiger partial charge in [0, 0.05) is 24.2 Å². The van der Waals surface area contributed by atoms with Crippen molar-refractivity contribution in [1.29, 1.82) is 0 Å². The molecule has 3 aromatic rings. The second kappa shape index (κ2) is 8.69. The lowest BCUT2D eigenvalue weighted by molar-refractivity contribution is 0.0986. The Kier molecular flexibility index (Phi) is 5.83. The van der Waals surface area contributed by atoms with Crippen LogP contribution in [-0.4, -0.2) is 12.3 Å². The van der Waals surface area contributed by atoms with Gasteiger partial charge in [-0.15, -0.1) is 0 Å². The Morgan fingerprint density at radius 2 is 1.44 bits per heavy atom. The van der Waals surface area contributed by atoms with E-state index in [1.54, 1.807) is 0 Å². The zero-order valence-corrected chi connectivity index (χ0v) is 14.0. The van der Waals surface area contributed by atoms with Crippen LogP contribution >= 0.6 is 0 Å². The molecule has 0 heterocycles. The third-order valence-electron chi connectivity index (χ3n) is 3.88. The summed E-state index contributed by atoms with van der Waals surface area (Å²) < 4.78 is 5.77. The minimum absolute atomic E-state index is 0.149. The first kappa shape index (κ1) is 16.8. The van der Waals surface area contributed by atoms with Gasteiger partial charge < -0.3 is 10.1 Å². The molecular formula is C22H21NO2. The fraction of sp³-hybridized carbons (Fsp3) is 0.136. The van der Waals surface area contributed by atoms with Gasteiger partial charge in [0.15, 0.2) is 5.78 Å². The van der Waals surface area contributed by atoms with Crippen molar-refractivity contribution >= 4 is 11.5 Å². The van der Waals surface area contributed by atoms with E-state index in [1.165, 1.54) is 0 Å². The van der Waals surface area contributed by atoms with Gasteiger partial charge in [0.1, 0.15) is 12.4 Å². The molecule has 0 saturated carbocycles. The maximum atomic E-state index is 12.0. The Balaban J connectivity index is 1.44. The molecule has 0 aliphatic heterocycles. The smallest absolute Gasteiger partial charge is 0.164 e. The highest BCUT2D eigenvalue weighted by atomic mass is 16.5. The van der Waals surface area contributed by atoms with Crippen LogP contribution in [0.15, 0.2) is 84.9 Å². The lowest BCUT2D eigenvalue weighted by Gasteiger charge is -2.09. The van der Waals surface area contributed by atoms with Crippen molar-refractivity contribution in [3.8, 4) is 5.75 Å². The summed E-state index contributed by atoms with van der Waals surface area (Å²) in [7, 11) is 0. The topological polar surface area (TPSA) is 38.3 Å². The van der Waals surface area contributed by atoms with E-state index in [4.69, 9.17) is 4.74 Å². The van der Waals surface area contributed by atoms with Crippen molar-refractivity contribution in [2.75, 3.05) is 11.9 Å². The van der Waals surface area contributed by atoms with Crippen LogP contribution in [0.25, 0.3) is 0 Å². The molecule has 3 heteroatoms. The van der Waals surface area contributed by atoms with Crippen LogP contribution in [0.2, 0.25) is 0 Å². The highest BCUT2D eigenvalue weighted by molar-refractivity contribution is 5.96. The minimum atomic E-state index is 0.149. The lowest BCUT2D eigenvalue weighted by atomic mass is 10.1. The van der Waals surface area contributed by atoms with E-state index in [9.17, 15) is 4.79 Å². The Bertz CT molecular complexity index is 783. The number of hydrogen-bond donors (Lipinski definition) is 1. The van der Waals surface area contributed by atoms with Crippen LogP contribution < -0.4 is 10.1 Å². The molecule has 0 atom stereocenters. The molecule has 0 radical (unpaired) electrons. The number of anilines is 1. The second-order valence-corrected chi connectivity index (χ2v) is 5.76. The third-order valence-corrected chi connectivity index (χ3v) is 3.88. The number of carbonyl (C=O) groups excluding carboxylic acids is 1. The highest BCUT2D eigenvalue weighted by Gasteiger charge is 2.04. The Labute approximate surface area is 148 Å². The van der Waals surface area contributed by atoms with Gasteiger partial charge in [-0.1, -0.05) is 60.7 Å². The van der Waals surface area contributed by atoms with Gasteiger partial charge in [-0.2, -0.15) is 0 Å². The summed E-state index contributed by atoms with van der Waals surface area (Å²) in [5, 5.41) is 3.27. The van der Waals surface area contributed by atoms with Crippen molar-refractivity contribution < 1.29 is 9.53 Å². The number of rotatable bonds is 8. The van der Waals surface area contributed by atoms with E-state index < -0.39 is 0 Å². The average molecular weight is 331 g/mol. The molecule has 0 unspecified atom stereocenters. The van der Waals surface area contributed by atoms with E-state index in [0.29, 0.717) is 19.6 Å². The zero-order valence-electron chi connectivity index (χ0n) is 14.0. The van der Waals surface area contributed by atoms with Gasteiger partial charge in [0.2, 0.25) is 0 Å². The largest absolute Gasteiger partial charge is 0.489 e. The summed E-state index contributed by atoms with van der Waals surface area (Å²) in [4.78, 5) is 12.0. The van der Waals surface area contributed by atoms with E-state index in [1.807, 2.05) is 84.9 Å². The van der Waals surface area contributed by atoms with E-state index in [0.717, 1.165) is 22.6 Å². The van der Waals surface area contributed by atoms with Gasteiger partial charge in [0.05, 0.1) is 0 Å². The van der Waals surface area contributed by atoms with Crippen LogP contribution in [-0.2, 0) is 6.61 Å². The van der Waals surface area contributed by atoms with Crippen LogP contribution in [0, 0.1) is 0 Å². The van der Waals surface area contributed by atoms with Gasteiger partial charge in [-0.05, 0) is 29.8 Å². The minimum Gasteiger partial charge on any atom is -0.489 e. The van der Waals surface area contributed by atoms with Gasteiger partial charge in [0.25, 0.3) is 0 Å². The number of ether oxygens (including phenoxy) is 1. The molecule has 0 saturated heterocycles. The summed E-state index contributed by atoms with van der Waals surface area (Å²) in [6, 6.07) is 27.3. The molecule has 0 spiro atoms. The maximum absolute atomic E-state index is 12.0. The first-order valence-electron chi connectivity index (χ1n) is 8.40. The number of ketones is 1. The van der Waals surface area contributed by atoms with Crippen LogP contribution in [0.5, 0.6) is 5.75 Å².